The number of rotatable bonds is 12. The quantitative estimate of drug-likeness (QED) is 0.244. The highest BCUT2D eigenvalue weighted by Crippen LogP contribution is 2.33. The van der Waals surface area contributed by atoms with Crippen molar-refractivity contribution in [2.45, 2.75) is 12.8 Å². The summed E-state index contributed by atoms with van der Waals surface area (Å²) in [5, 5.41) is 0. The number of fused-ring (bicyclic) bond motifs is 4. The Balaban J connectivity index is 0.00000280. The lowest BCUT2D eigenvalue weighted by Gasteiger charge is -2.23. The lowest BCUT2D eigenvalue weighted by atomic mass is 9.98. The van der Waals surface area contributed by atoms with E-state index in [0.29, 0.717) is 13.2 Å². The van der Waals surface area contributed by atoms with Crippen LogP contribution in [0.25, 0.3) is 11.1 Å². The van der Waals surface area contributed by atoms with E-state index in [1.807, 2.05) is 60.7 Å². The molecular formula is C44H48Cl2N6O2. The standard InChI is InChI=1S/C44H48N6O2.2ClH/c1-49(2,3)25-7-27-51-37-17-9-31(10-18-37)43-39-21-13-33(45-39)29-35-15-23-41(47-35)44(42-24-16-36(48-42)30-34-14-22-40(43)46-34)32-11-19-38(20-12-32)52-28-8-26-50(4,5)6;;/h9-24,29-30H,7-8,25-28H2,1-6H3;2*1H/q+2;;/p-2. The van der Waals surface area contributed by atoms with Gasteiger partial charge in [-0.1, -0.05) is 24.3 Å². The molecule has 0 unspecified atom stereocenters. The number of ether oxygens (including phenoxy) is 2. The van der Waals surface area contributed by atoms with Gasteiger partial charge in [0.15, 0.2) is 0 Å². The third-order valence-electron chi connectivity index (χ3n) is 9.03. The summed E-state index contributed by atoms with van der Waals surface area (Å²) in [6.45, 7) is 3.49. The van der Waals surface area contributed by atoms with E-state index in [0.717, 1.165) is 114 Å². The molecule has 5 aliphatic rings. The van der Waals surface area contributed by atoms with Crippen molar-refractivity contribution in [2.75, 3.05) is 68.6 Å². The largest absolute Gasteiger partial charge is 1.00 e. The Morgan fingerprint density at radius 1 is 0.463 bits per heavy atom. The van der Waals surface area contributed by atoms with E-state index in [4.69, 9.17) is 29.4 Å². The van der Waals surface area contributed by atoms with Crippen LogP contribution in [-0.4, -0.2) is 100 Å². The Bertz CT molecular complexity index is 1970. The van der Waals surface area contributed by atoms with Gasteiger partial charge in [0.25, 0.3) is 0 Å². The molecule has 0 spiro atoms. The van der Waals surface area contributed by atoms with Crippen LogP contribution < -0.4 is 34.3 Å². The Morgan fingerprint density at radius 2 is 0.852 bits per heavy atom. The Kier molecular flexibility index (Phi) is 12.8. The molecule has 0 radical (unpaired) electrons. The minimum absolute atomic E-state index is 0. The number of aliphatic imine (C=N–C) groups is 4. The lowest BCUT2D eigenvalue weighted by molar-refractivity contribution is -0.870. The first-order valence-corrected chi connectivity index (χ1v) is 18.0. The third kappa shape index (κ3) is 10.2. The van der Waals surface area contributed by atoms with Gasteiger partial charge in [0.2, 0.25) is 0 Å². The predicted octanol–water partition coefficient (Wildman–Crippen LogP) is 1.59. The van der Waals surface area contributed by atoms with Crippen molar-refractivity contribution in [3.8, 4) is 11.5 Å². The molecule has 2 aromatic rings. The number of allylic oxidation sites excluding steroid dienone is 12. The number of hydrogen-bond acceptors (Lipinski definition) is 6. The number of quaternary nitrogens is 2. The highest BCUT2D eigenvalue weighted by molar-refractivity contribution is 6.34. The molecule has 0 aliphatic carbocycles. The topological polar surface area (TPSA) is 67.9 Å². The van der Waals surface area contributed by atoms with Gasteiger partial charge in [-0.25, -0.2) is 20.0 Å². The first kappa shape index (κ1) is 40.3. The van der Waals surface area contributed by atoms with E-state index >= 15 is 0 Å². The summed E-state index contributed by atoms with van der Waals surface area (Å²) in [7, 11) is 13.2. The second-order valence-electron chi connectivity index (χ2n) is 15.5. The van der Waals surface area contributed by atoms with Gasteiger partial charge in [-0.15, -0.1) is 0 Å². The number of nitrogens with zero attached hydrogens (tertiary/aromatic N) is 6. The molecule has 0 amide bonds. The fourth-order valence-electron chi connectivity index (χ4n) is 6.44. The van der Waals surface area contributed by atoms with Crippen LogP contribution in [0, 0.1) is 0 Å². The maximum Gasteiger partial charge on any atom is 0.119 e. The molecule has 280 valence electrons. The summed E-state index contributed by atoms with van der Waals surface area (Å²) >= 11 is 0. The van der Waals surface area contributed by atoms with Crippen molar-refractivity contribution < 1.29 is 43.3 Å². The first-order valence-electron chi connectivity index (χ1n) is 18.0. The number of benzene rings is 2. The fourth-order valence-corrected chi connectivity index (χ4v) is 6.44. The zero-order valence-corrected chi connectivity index (χ0v) is 33.4. The van der Waals surface area contributed by atoms with Crippen LogP contribution in [0.15, 0.2) is 152 Å². The molecule has 7 rings (SSSR count). The van der Waals surface area contributed by atoms with E-state index in [1.54, 1.807) is 0 Å². The van der Waals surface area contributed by atoms with Crippen LogP contribution in [-0.2, 0) is 0 Å². The molecule has 10 heteroatoms. The predicted molar refractivity (Wildman–Crippen MR) is 215 cm³/mol. The van der Waals surface area contributed by atoms with Gasteiger partial charge < -0.3 is 43.3 Å². The molecule has 0 saturated heterocycles. The van der Waals surface area contributed by atoms with E-state index in [9.17, 15) is 0 Å². The van der Waals surface area contributed by atoms with Gasteiger partial charge in [-0.2, -0.15) is 0 Å². The van der Waals surface area contributed by atoms with Crippen molar-refractivity contribution in [3.63, 3.8) is 0 Å². The minimum Gasteiger partial charge on any atom is -1.00 e. The van der Waals surface area contributed by atoms with Gasteiger partial charge in [-0.3, -0.25) is 0 Å². The van der Waals surface area contributed by atoms with Crippen LogP contribution in [0.4, 0.5) is 0 Å². The molecule has 2 aromatic carbocycles. The minimum atomic E-state index is 0. The lowest BCUT2D eigenvalue weighted by Crippen LogP contribution is -3.00. The summed E-state index contributed by atoms with van der Waals surface area (Å²) in [6, 6.07) is 16.5. The average molecular weight is 764 g/mol. The van der Waals surface area contributed by atoms with Gasteiger partial charge in [0, 0.05) is 24.0 Å². The maximum atomic E-state index is 6.07. The van der Waals surface area contributed by atoms with Gasteiger partial charge >= 0.3 is 0 Å². The molecule has 5 heterocycles. The summed E-state index contributed by atoms with van der Waals surface area (Å²) in [5.41, 5.74) is 10.7. The van der Waals surface area contributed by atoms with Crippen molar-refractivity contribution in [3.05, 3.63) is 143 Å². The van der Waals surface area contributed by atoms with E-state index in [2.05, 4.69) is 90.9 Å². The highest BCUT2D eigenvalue weighted by atomic mass is 35.5. The molecule has 54 heavy (non-hydrogen) atoms. The summed E-state index contributed by atoms with van der Waals surface area (Å²) in [6.07, 6.45) is 22.4. The summed E-state index contributed by atoms with van der Waals surface area (Å²) < 4.78 is 14.0. The summed E-state index contributed by atoms with van der Waals surface area (Å²) in [5.74, 6) is 1.71. The number of hydrogen-bond donors (Lipinski definition) is 0. The van der Waals surface area contributed by atoms with Gasteiger partial charge in [0.1, 0.15) is 11.5 Å². The summed E-state index contributed by atoms with van der Waals surface area (Å²) in [4.78, 5) is 20.3. The number of halogens is 2. The SMILES string of the molecule is C[N+](C)(C)CCCOc1ccc(C2=C3C=CC(=N3)C=C3C=CC(=N3)C(c3ccc(OCCC[N+](C)(C)C)cc3)=C3C=CC(=N3)C=C3C=CC2=N3)cc1.[Cl-].[Cl-]. The van der Waals surface area contributed by atoms with Gasteiger partial charge in [-0.05, 0) is 96.2 Å². The van der Waals surface area contributed by atoms with Crippen molar-refractivity contribution in [2.24, 2.45) is 20.0 Å². The zero-order valence-electron chi connectivity index (χ0n) is 31.9. The normalized spacial score (nSPS) is 17.1. The molecule has 8 bridgehead atoms. The molecule has 0 atom stereocenters. The van der Waals surface area contributed by atoms with E-state index in [1.165, 1.54) is 0 Å². The zero-order chi connectivity index (χ0) is 36.3. The Morgan fingerprint density at radius 3 is 1.22 bits per heavy atom. The molecule has 8 nitrogen and oxygen atoms in total. The molecule has 0 N–H and O–H groups in total. The molecule has 0 fully saturated rings. The van der Waals surface area contributed by atoms with Crippen molar-refractivity contribution >= 4 is 34.0 Å². The molecule has 0 aromatic heterocycles. The van der Waals surface area contributed by atoms with Crippen molar-refractivity contribution in [1.29, 1.82) is 0 Å². The average Bonchev–Trinajstić information content (AvgIpc) is 3.93. The third-order valence-corrected chi connectivity index (χ3v) is 9.03. The Labute approximate surface area is 332 Å². The van der Waals surface area contributed by atoms with Crippen molar-refractivity contribution in [1.82, 2.24) is 0 Å². The highest BCUT2D eigenvalue weighted by Gasteiger charge is 2.22. The van der Waals surface area contributed by atoms with Crippen LogP contribution in [0.1, 0.15) is 24.0 Å². The van der Waals surface area contributed by atoms with Crippen LogP contribution in [0.2, 0.25) is 0 Å². The van der Waals surface area contributed by atoms with E-state index in [-0.39, 0.29) is 24.8 Å². The first-order chi connectivity index (χ1) is 25.0. The molecule has 0 saturated carbocycles. The Hall–Kier alpha value is -4.86. The van der Waals surface area contributed by atoms with Crippen LogP contribution >= 0.6 is 0 Å². The monoisotopic (exact) mass is 762 g/mol. The molecular weight excluding hydrogens is 715 g/mol. The maximum absolute atomic E-state index is 6.07. The van der Waals surface area contributed by atoms with E-state index < -0.39 is 0 Å². The second kappa shape index (κ2) is 17.1. The molecule has 5 aliphatic heterocycles. The second-order valence-corrected chi connectivity index (χ2v) is 15.5. The van der Waals surface area contributed by atoms with Crippen LogP contribution in [0.3, 0.4) is 0 Å². The smallest absolute Gasteiger partial charge is 0.119 e. The van der Waals surface area contributed by atoms with Gasteiger partial charge in [0.05, 0.1) is 114 Å². The van der Waals surface area contributed by atoms with Crippen LogP contribution in [0.5, 0.6) is 11.5 Å². The fraction of sp³-hybridized carbons (Fsp3) is 0.273.